The Morgan fingerprint density at radius 3 is 1.50 bits per heavy atom. The van der Waals surface area contributed by atoms with Crippen LogP contribution in [0, 0.1) is 0 Å². The van der Waals surface area contributed by atoms with Gasteiger partial charge in [0, 0.05) is 19.4 Å². The fourth-order valence-electron chi connectivity index (χ4n) is 5.74. The van der Waals surface area contributed by atoms with Gasteiger partial charge in [0.25, 0.3) is 0 Å². The first-order chi connectivity index (χ1) is 26.3. The lowest BCUT2D eigenvalue weighted by molar-refractivity contribution is -0.161. The summed E-state index contributed by atoms with van der Waals surface area (Å²) in [6, 6.07) is 0. The third-order valence-electron chi connectivity index (χ3n) is 8.95. The standard InChI is InChI=1S/C44H80NO8P/c1-3-5-7-9-11-13-15-17-19-21-23-25-27-29-31-33-35-37-44(47)53-42(41-52-54(48,49)51-39-38-45)40-50-43(46)36-34-32-30-28-26-24-22-20-18-16-14-12-10-8-6-4-2/h7,9,13,15,19,21,25,27,42H,3-6,8,10-12,14,16-18,20,22-24,26,28-41,45H2,1-2H3,(H,48,49)/b9-7+,15-13+,21-19+,27-25+/t42-/m1/s1. The minimum absolute atomic E-state index is 0.0472. The number of rotatable bonds is 40. The molecular formula is C44H80NO8P. The first kappa shape index (κ1) is 52.0. The zero-order valence-corrected chi connectivity index (χ0v) is 35.3. The monoisotopic (exact) mass is 782 g/mol. The number of hydrogen-bond donors (Lipinski definition) is 2. The number of esters is 2. The second kappa shape index (κ2) is 40.6. The summed E-state index contributed by atoms with van der Waals surface area (Å²) in [5.74, 6) is -0.862. The zero-order valence-electron chi connectivity index (χ0n) is 34.4. The highest BCUT2D eigenvalue weighted by molar-refractivity contribution is 7.47. The number of phosphoric acid groups is 1. The minimum Gasteiger partial charge on any atom is -0.462 e. The summed E-state index contributed by atoms with van der Waals surface area (Å²) in [7, 11) is -4.38. The van der Waals surface area contributed by atoms with Crippen molar-refractivity contribution in [2.75, 3.05) is 26.4 Å². The summed E-state index contributed by atoms with van der Waals surface area (Å²) in [5, 5.41) is 0. The molecule has 9 nitrogen and oxygen atoms in total. The summed E-state index contributed by atoms with van der Waals surface area (Å²) in [5.41, 5.74) is 5.34. The van der Waals surface area contributed by atoms with Crippen LogP contribution in [0.25, 0.3) is 0 Å². The van der Waals surface area contributed by atoms with E-state index in [-0.39, 0.29) is 38.6 Å². The van der Waals surface area contributed by atoms with E-state index in [2.05, 4.69) is 62.5 Å². The van der Waals surface area contributed by atoms with Crippen molar-refractivity contribution in [3.8, 4) is 0 Å². The molecule has 0 aliphatic heterocycles. The molecule has 0 aromatic carbocycles. The first-order valence-corrected chi connectivity index (χ1v) is 23.1. The van der Waals surface area contributed by atoms with E-state index in [0.717, 1.165) is 64.2 Å². The van der Waals surface area contributed by atoms with Gasteiger partial charge >= 0.3 is 19.8 Å². The van der Waals surface area contributed by atoms with Crippen molar-refractivity contribution in [1.82, 2.24) is 0 Å². The lowest BCUT2D eigenvalue weighted by Crippen LogP contribution is -2.29. The Labute approximate surface area is 330 Å². The van der Waals surface area contributed by atoms with Crippen LogP contribution in [0.15, 0.2) is 48.6 Å². The fraction of sp³-hybridized carbons (Fsp3) is 0.773. The molecule has 0 amide bonds. The number of ether oxygens (including phenoxy) is 2. The van der Waals surface area contributed by atoms with E-state index in [1.54, 1.807) is 0 Å². The Bertz CT molecular complexity index is 1030. The molecule has 0 radical (unpaired) electrons. The molecule has 0 aromatic heterocycles. The maximum absolute atomic E-state index is 12.6. The van der Waals surface area contributed by atoms with E-state index in [1.807, 2.05) is 0 Å². The predicted molar refractivity (Wildman–Crippen MR) is 224 cm³/mol. The van der Waals surface area contributed by atoms with E-state index in [0.29, 0.717) is 6.42 Å². The summed E-state index contributed by atoms with van der Waals surface area (Å²) < 4.78 is 32.7. The van der Waals surface area contributed by atoms with Crippen LogP contribution in [-0.4, -0.2) is 49.3 Å². The molecule has 0 saturated carbocycles. The number of allylic oxidation sites excluding steroid dienone is 8. The molecule has 3 N–H and O–H groups in total. The molecule has 0 bridgehead atoms. The van der Waals surface area contributed by atoms with Crippen LogP contribution < -0.4 is 5.73 Å². The van der Waals surface area contributed by atoms with E-state index in [4.69, 9.17) is 24.3 Å². The summed E-state index contributed by atoms with van der Waals surface area (Å²) in [6.45, 7) is 3.63. The van der Waals surface area contributed by atoms with Crippen molar-refractivity contribution >= 4 is 19.8 Å². The van der Waals surface area contributed by atoms with Gasteiger partial charge in [-0.3, -0.25) is 18.6 Å². The molecule has 0 fully saturated rings. The summed E-state index contributed by atoms with van der Waals surface area (Å²) >= 11 is 0. The van der Waals surface area contributed by atoms with Crippen LogP contribution in [-0.2, 0) is 32.7 Å². The number of nitrogens with two attached hydrogens (primary N) is 1. The molecule has 2 atom stereocenters. The van der Waals surface area contributed by atoms with Crippen molar-refractivity contribution in [3.05, 3.63) is 48.6 Å². The molecule has 1 unspecified atom stereocenters. The quantitative estimate of drug-likeness (QED) is 0.0269. The Kier molecular flexibility index (Phi) is 39.1. The van der Waals surface area contributed by atoms with Crippen LogP contribution in [0.4, 0.5) is 0 Å². The summed E-state index contributed by atoms with van der Waals surface area (Å²) in [6.07, 6.45) is 45.7. The number of unbranched alkanes of at least 4 members (excludes halogenated alkanes) is 19. The van der Waals surface area contributed by atoms with E-state index in [1.165, 1.54) is 89.9 Å². The highest BCUT2D eigenvalue weighted by Gasteiger charge is 2.26. The zero-order chi connectivity index (χ0) is 39.6. The van der Waals surface area contributed by atoms with Gasteiger partial charge in [-0.1, -0.05) is 172 Å². The molecular weight excluding hydrogens is 701 g/mol. The molecule has 0 aromatic rings. The fourth-order valence-corrected chi connectivity index (χ4v) is 6.51. The lowest BCUT2D eigenvalue weighted by atomic mass is 10.0. The second-order valence-electron chi connectivity index (χ2n) is 14.2. The summed E-state index contributed by atoms with van der Waals surface area (Å²) in [4.78, 5) is 34.8. The molecule has 10 heteroatoms. The van der Waals surface area contributed by atoms with Crippen LogP contribution in [0.3, 0.4) is 0 Å². The molecule has 0 aliphatic rings. The third kappa shape index (κ3) is 39.7. The molecule has 54 heavy (non-hydrogen) atoms. The average molecular weight is 782 g/mol. The van der Waals surface area contributed by atoms with Gasteiger partial charge in [0.1, 0.15) is 6.61 Å². The van der Waals surface area contributed by atoms with Crippen molar-refractivity contribution in [2.24, 2.45) is 5.73 Å². The maximum Gasteiger partial charge on any atom is 0.472 e. The molecule has 0 saturated heterocycles. The van der Waals surface area contributed by atoms with Crippen molar-refractivity contribution in [3.63, 3.8) is 0 Å². The van der Waals surface area contributed by atoms with Crippen molar-refractivity contribution < 1.29 is 37.6 Å². The molecule has 0 rings (SSSR count). The largest absolute Gasteiger partial charge is 0.472 e. The minimum atomic E-state index is -4.38. The number of phosphoric ester groups is 1. The van der Waals surface area contributed by atoms with Crippen molar-refractivity contribution in [1.29, 1.82) is 0 Å². The van der Waals surface area contributed by atoms with Gasteiger partial charge in [-0.05, 0) is 51.4 Å². The van der Waals surface area contributed by atoms with Crippen LogP contribution in [0.1, 0.15) is 187 Å². The second-order valence-corrected chi connectivity index (χ2v) is 15.7. The van der Waals surface area contributed by atoms with Crippen LogP contribution in [0.2, 0.25) is 0 Å². The van der Waals surface area contributed by atoms with Crippen LogP contribution in [0.5, 0.6) is 0 Å². The molecule has 0 spiro atoms. The third-order valence-corrected chi connectivity index (χ3v) is 9.93. The van der Waals surface area contributed by atoms with E-state index < -0.39 is 26.5 Å². The normalized spacial score (nSPS) is 13.8. The van der Waals surface area contributed by atoms with Gasteiger partial charge in [-0.25, -0.2) is 4.57 Å². The van der Waals surface area contributed by atoms with Gasteiger partial charge in [-0.2, -0.15) is 0 Å². The number of carbonyl (C=O) groups is 2. The number of hydrogen-bond acceptors (Lipinski definition) is 8. The Morgan fingerprint density at radius 2 is 1.00 bits per heavy atom. The van der Waals surface area contributed by atoms with Gasteiger partial charge in [-0.15, -0.1) is 0 Å². The molecule has 314 valence electrons. The van der Waals surface area contributed by atoms with E-state index in [9.17, 15) is 19.0 Å². The van der Waals surface area contributed by atoms with E-state index >= 15 is 0 Å². The average Bonchev–Trinajstić information content (AvgIpc) is 3.16. The Balaban J connectivity index is 4.21. The lowest BCUT2D eigenvalue weighted by Gasteiger charge is -2.19. The van der Waals surface area contributed by atoms with Gasteiger partial charge < -0.3 is 20.1 Å². The topological polar surface area (TPSA) is 134 Å². The van der Waals surface area contributed by atoms with Gasteiger partial charge in [0.05, 0.1) is 13.2 Å². The predicted octanol–water partition coefficient (Wildman–Crippen LogP) is 12.3. The maximum atomic E-state index is 12.6. The highest BCUT2D eigenvalue weighted by atomic mass is 31.2. The first-order valence-electron chi connectivity index (χ1n) is 21.6. The molecule has 0 heterocycles. The SMILES string of the molecule is CCC/C=C/C/C=C/C/C=C/C/C=C/CCCCCC(=O)O[C@H](COC(=O)CCCCCCCCCCCCCCCCCC)COP(=O)(O)OCCN. The smallest absolute Gasteiger partial charge is 0.462 e. The molecule has 0 aliphatic carbocycles. The highest BCUT2D eigenvalue weighted by Crippen LogP contribution is 2.43. The number of carbonyl (C=O) groups excluding carboxylic acids is 2. The van der Waals surface area contributed by atoms with Crippen LogP contribution >= 0.6 is 7.82 Å². The van der Waals surface area contributed by atoms with Gasteiger partial charge in [0.2, 0.25) is 0 Å². The Morgan fingerprint density at radius 1 is 0.556 bits per heavy atom. The van der Waals surface area contributed by atoms with Crippen molar-refractivity contribution in [2.45, 2.75) is 193 Å². The van der Waals surface area contributed by atoms with Gasteiger partial charge in [0.15, 0.2) is 6.10 Å². The Hall–Kier alpha value is -2.03.